The number of hydrogen-bond acceptors (Lipinski definition) is 3. The molecule has 90 valence electrons. The van der Waals surface area contributed by atoms with Crippen LogP contribution in [0.1, 0.15) is 32.6 Å². The average Bonchev–Trinajstić information content (AvgIpc) is 2.75. The van der Waals surface area contributed by atoms with E-state index in [-0.39, 0.29) is 0 Å². The van der Waals surface area contributed by atoms with E-state index in [1.807, 2.05) is 0 Å². The fourth-order valence-electron chi connectivity index (χ4n) is 1.86. The molecule has 0 atom stereocenters. The van der Waals surface area contributed by atoms with E-state index in [2.05, 4.69) is 11.8 Å². The highest BCUT2D eigenvalue weighted by Gasteiger charge is 2.09. The Hall–Kier alpha value is -0.120. The Morgan fingerprint density at radius 3 is 2.27 bits per heavy atom. The smallest absolute Gasteiger partial charge is 0.0700 e. The number of rotatable bonds is 9. The third-order valence-corrected chi connectivity index (χ3v) is 2.68. The van der Waals surface area contributed by atoms with Crippen LogP contribution in [0.2, 0.25) is 0 Å². The van der Waals surface area contributed by atoms with E-state index in [1.54, 1.807) is 0 Å². The third-order valence-electron chi connectivity index (χ3n) is 2.68. The fraction of sp³-hybridized carbons (Fsp3) is 1.00. The van der Waals surface area contributed by atoms with Gasteiger partial charge >= 0.3 is 0 Å². The molecule has 1 aliphatic rings. The lowest BCUT2D eigenvalue weighted by atomic mass is 10.4. The normalized spacial score (nSPS) is 17.4. The molecule has 0 aromatic heterocycles. The summed E-state index contributed by atoms with van der Waals surface area (Å²) in [5, 5.41) is 0. The molecule has 0 bridgehead atoms. The first kappa shape index (κ1) is 12.9. The fourth-order valence-corrected chi connectivity index (χ4v) is 1.86. The van der Waals surface area contributed by atoms with Gasteiger partial charge < -0.3 is 14.4 Å². The molecule has 0 aromatic rings. The average molecular weight is 215 g/mol. The predicted octanol–water partition coefficient (Wildman–Crippen LogP) is 1.92. The van der Waals surface area contributed by atoms with Gasteiger partial charge in [-0.25, -0.2) is 0 Å². The van der Waals surface area contributed by atoms with E-state index in [0.29, 0.717) is 0 Å². The van der Waals surface area contributed by atoms with Crippen LogP contribution in [0.15, 0.2) is 0 Å². The molecule has 3 heteroatoms. The lowest BCUT2D eigenvalue weighted by Gasteiger charge is -2.13. The first-order valence-corrected chi connectivity index (χ1v) is 6.31. The van der Waals surface area contributed by atoms with E-state index >= 15 is 0 Å². The van der Waals surface area contributed by atoms with Crippen molar-refractivity contribution in [3.8, 4) is 0 Å². The molecule has 0 spiro atoms. The summed E-state index contributed by atoms with van der Waals surface area (Å²) < 4.78 is 10.8. The highest BCUT2D eigenvalue weighted by Crippen LogP contribution is 2.07. The van der Waals surface area contributed by atoms with Gasteiger partial charge in [0.1, 0.15) is 0 Å². The van der Waals surface area contributed by atoms with Gasteiger partial charge in [-0.2, -0.15) is 0 Å². The molecule has 0 aromatic carbocycles. The largest absolute Gasteiger partial charge is 0.379 e. The molecule has 1 fully saturated rings. The van der Waals surface area contributed by atoms with Crippen LogP contribution in [0.4, 0.5) is 0 Å². The SMILES string of the molecule is CCCOCCOCCCN1CCCC1. The minimum absolute atomic E-state index is 0.748. The summed E-state index contributed by atoms with van der Waals surface area (Å²) in [4.78, 5) is 2.52. The van der Waals surface area contributed by atoms with Gasteiger partial charge in [0.2, 0.25) is 0 Å². The summed E-state index contributed by atoms with van der Waals surface area (Å²) in [7, 11) is 0. The molecular weight excluding hydrogens is 190 g/mol. The molecule has 0 N–H and O–H groups in total. The van der Waals surface area contributed by atoms with Crippen molar-refractivity contribution < 1.29 is 9.47 Å². The second-order valence-corrected chi connectivity index (χ2v) is 4.13. The van der Waals surface area contributed by atoms with Crippen molar-refractivity contribution in [2.45, 2.75) is 32.6 Å². The molecule has 0 aliphatic carbocycles. The van der Waals surface area contributed by atoms with Gasteiger partial charge in [0.25, 0.3) is 0 Å². The summed E-state index contributed by atoms with van der Waals surface area (Å²) >= 11 is 0. The molecule has 1 aliphatic heterocycles. The molecule has 0 amide bonds. The van der Waals surface area contributed by atoms with Crippen molar-refractivity contribution in [3.05, 3.63) is 0 Å². The zero-order chi connectivity index (χ0) is 10.8. The maximum absolute atomic E-state index is 5.49. The first-order chi connectivity index (χ1) is 7.43. The van der Waals surface area contributed by atoms with Crippen molar-refractivity contribution in [3.63, 3.8) is 0 Å². The van der Waals surface area contributed by atoms with Crippen LogP contribution >= 0.6 is 0 Å². The topological polar surface area (TPSA) is 21.7 Å². The predicted molar refractivity (Wildman–Crippen MR) is 62.2 cm³/mol. The highest BCUT2D eigenvalue weighted by molar-refractivity contribution is 4.65. The van der Waals surface area contributed by atoms with Crippen molar-refractivity contribution >= 4 is 0 Å². The lowest BCUT2D eigenvalue weighted by molar-refractivity contribution is 0.0450. The van der Waals surface area contributed by atoms with E-state index in [9.17, 15) is 0 Å². The maximum Gasteiger partial charge on any atom is 0.0700 e. The van der Waals surface area contributed by atoms with Crippen LogP contribution in [-0.4, -0.2) is 51.0 Å². The number of nitrogens with zero attached hydrogens (tertiary/aromatic N) is 1. The molecule has 0 unspecified atom stereocenters. The first-order valence-electron chi connectivity index (χ1n) is 6.31. The van der Waals surface area contributed by atoms with Crippen molar-refractivity contribution in [2.75, 3.05) is 46.1 Å². The van der Waals surface area contributed by atoms with Crippen LogP contribution in [0.3, 0.4) is 0 Å². The summed E-state index contributed by atoms with van der Waals surface area (Å²) in [6.45, 7) is 9.15. The lowest BCUT2D eigenvalue weighted by Crippen LogP contribution is -2.21. The van der Waals surface area contributed by atoms with Gasteiger partial charge in [-0.05, 0) is 38.8 Å². The second-order valence-electron chi connectivity index (χ2n) is 4.13. The Balaban J connectivity index is 1.73. The minimum atomic E-state index is 0.748. The van der Waals surface area contributed by atoms with E-state index < -0.39 is 0 Å². The van der Waals surface area contributed by atoms with Crippen LogP contribution in [0, 0.1) is 0 Å². The van der Waals surface area contributed by atoms with Crippen molar-refractivity contribution in [2.24, 2.45) is 0 Å². The Morgan fingerprint density at radius 2 is 1.60 bits per heavy atom. The van der Waals surface area contributed by atoms with Gasteiger partial charge in [-0.3, -0.25) is 0 Å². The molecule has 0 radical (unpaired) electrons. The number of ether oxygens (including phenoxy) is 2. The van der Waals surface area contributed by atoms with Gasteiger partial charge in [0.05, 0.1) is 13.2 Å². The Kier molecular flexibility index (Phi) is 7.88. The monoisotopic (exact) mass is 215 g/mol. The molecule has 1 rings (SSSR count). The highest BCUT2D eigenvalue weighted by atomic mass is 16.5. The van der Waals surface area contributed by atoms with E-state index in [4.69, 9.17) is 9.47 Å². The molecular formula is C12H25NO2. The second kappa shape index (κ2) is 9.13. The summed E-state index contributed by atoms with van der Waals surface area (Å²) in [5.74, 6) is 0. The van der Waals surface area contributed by atoms with Crippen LogP contribution in [0.5, 0.6) is 0 Å². The van der Waals surface area contributed by atoms with Gasteiger partial charge in [-0.15, -0.1) is 0 Å². The van der Waals surface area contributed by atoms with E-state index in [0.717, 1.165) is 39.3 Å². The summed E-state index contributed by atoms with van der Waals surface area (Å²) in [6, 6.07) is 0. The standard InChI is InChI=1S/C12H25NO2/c1-2-9-14-11-12-15-10-5-8-13-6-3-4-7-13/h2-12H2,1H3. The van der Waals surface area contributed by atoms with Gasteiger partial charge in [0.15, 0.2) is 0 Å². The van der Waals surface area contributed by atoms with E-state index in [1.165, 1.54) is 32.5 Å². The molecule has 0 saturated carbocycles. The minimum Gasteiger partial charge on any atom is -0.379 e. The number of hydrogen-bond donors (Lipinski definition) is 0. The van der Waals surface area contributed by atoms with Crippen molar-refractivity contribution in [1.82, 2.24) is 4.90 Å². The van der Waals surface area contributed by atoms with Gasteiger partial charge in [-0.1, -0.05) is 6.92 Å². The van der Waals surface area contributed by atoms with Crippen LogP contribution in [0.25, 0.3) is 0 Å². The van der Waals surface area contributed by atoms with Crippen LogP contribution in [-0.2, 0) is 9.47 Å². The van der Waals surface area contributed by atoms with Gasteiger partial charge in [0, 0.05) is 19.8 Å². The molecule has 1 saturated heterocycles. The quantitative estimate of drug-likeness (QED) is 0.548. The third kappa shape index (κ3) is 6.88. The molecule has 3 nitrogen and oxygen atoms in total. The molecule has 15 heavy (non-hydrogen) atoms. The van der Waals surface area contributed by atoms with Crippen LogP contribution < -0.4 is 0 Å². The maximum atomic E-state index is 5.49. The Labute approximate surface area is 93.7 Å². The zero-order valence-corrected chi connectivity index (χ0v) is 10.0. The van der Waals surface area contributed by atoms with Crippen molar-refractivity contribution in [1.29, 1.82) is 0 Å². The summed E-state index contributed by atoms with van der Waals surface area (Å²) in [6.07, 6.45) is 5.01. The summed E-state index contributed by atoms with van der Waals surface area (Å²) in [5.41, 5.74) is 0. The molecule has 1 heterocycles. The Bertz CT molecular complexity index is 136. The Morgan fingerprint density at radius 1 is 0.933 bits per heavy atom. The number of likely N-dealkylation sites (tertiary alicyclic amines) is 1. The zero-order valence-electron chi connectivity index (χ0n) is 10.0.